The van der Waals surface area contributed by atoms with E-state index in [2.05, 4.69) is 219 Å². The molecule has 0 atom stereocenters. The van der Waals surface area contributed by atoms with Crippen LogP contribution in [0.1, 0.15) is 105 Å². The number of benzene rings is 5. The fourth-order valence-corrected chi connectivity index (χ4v) is 8.75. The molecule has 9 rings (SSSR count). The van der Waals surface area contributed by atoms with Gasteiger partial charge in [-0.15, -0.1) is 0 Å². The van der Waals surface area contributed by atoms with Crippen LogP contribution in [-0.2, 0) is 21.7 Å². The van der Waals surface area contributed by atoms with Crippen LogP contribution in [0.2, 0.25) is 0 Å². The van der Waals surface area contributed by atoms with Crippen LogP contribution >= 0.6 is 0 Å². The Kier molecular flexibility index (Phi) is 10.1. The SMILES string of the molecule is CC(C)(C)c1cc(N2CN(c3cccc(Oc4ccc5c6cc(C(C)(C)C)ccc6n(-c6cc(C(C)(C)C)ccn6)c5c4)c3)c3cccc(-c4ccccn4)c32)cc(C(C)(C)C)c1. The van der Waals surface area contributed by atoms with E-state index in [9.17, 15) is 0 Å². The Morgan fingerprint density at radius 3 is 1.83 bits per heavy atom. The number of rotatable bonds is 6. The number of nitrogens with zero attached hydrogens (tertiary/aromatic N) is 5. The normalized spacial score (nSPS) is 13.6. The molecule has 320 valence electrons. The number of aromatic nitrogens is 3. The lowest BCUT2D eigenvalue weighted by Crippen LogP contribution is -2.25. The Morgan fingerprint density at radius 1 is 0.460 bits per heavy atom. The van der Waals surface area contributed by atoms with Gasteiger partial charge in [-0.25, -0.2) is 4.98 Å². The molecule has 0 unspecified atom stereocenters. The minimum absolute atomic E-state index is 0.0137. The molecule has 0 aliphatic carbocycles. The summed E-state index contributed by atoms with van der Waals surface area (Å²) in [7, 11) is 0. The highest BCUT2D eigenvalue weighted by Gasteiger charge is 2.33. The monoisotopic (exact) mass is 831 g/mol. The van der Waals surface area contributed by atoms with Gasteiger partial charge in [0.25, 0.3) is 0 Å². The first-order valence-corrected chi connectivity index (χ1v) is 22.3. The van der Waals surface area contributed by atoms with E-state index in [1.54, 1.807) is 0 Å². The summed E-state index contributed by atoms with van der Waals surface area (Å²) in [6.07, 6.45) is 3.81. The van der Waals surface area contributed by atoms with Crippen molar-refractivity contribution in [3.8, 4) is 28.6 Å². The molecule has 0 saturated carbocycles. The molecule has 1 aliphatic rings. The Bertz CT molecular complexity index is 2970. The average Bonchev–Trinajstić information content (AvgIpc) is 3.79. The van der Waals surface area contributed by atoms with Crippen LogP contribution in [0.4, 0.5) is 22.7 Å². The van der Waals surface area contributed by atoms with Crippen molar-refractivity contribution in [2.45, 2.75) is 105 Å². The van der Waals surface area contributed by atoms with Crippen molar-refractivity contribution in [2.24, 2.45) is 0 Å². The van der Waals surface area contributed by atoms with Gasteiger partial charge in [0, 0.05) is 52.2 Å². The van der Waals surface area contributed by atoms with Gasteiger partial charge < -0.3 is 14.5 Å². The summed E-state index contributed by atoms with van der Waals surface area (Å²) in [5.41, 5.74) is 13.8. The van der Waals surface area contributed by atoms with Crippen LogP contribution in [0, 0.1) is 0 Å². The topological polar surface area (TPSA) is 46.4 Å². The van der Waals surface area contributed by atoms with Gasteiger partial charge in [0.15, 0.2) is 0 Å². The van der Waals surface area contributed by atoms with Crippen molar-refractivity contribution >= 4 is 44.6 Å². The lowest BCUT2D eigenvalue weighted by atomic mass is 9.80. The van der Waals surface area contributed by atoms with Gasteiger partial charge in [-0.1, -0.05) is 119 Å². The van der Waals surface area contributed by atoms with E-state index < -0.39 is 0 Å². The van der Waals surface area contributed by atoms with E-state index in [0.717, 1.165) is 56.7 Å². The van der Waals surface area contributed by atoms with E-state index in [4.69, 9.17) is 14.7 Å². The number of pyridine rings is 2. The second kappa shape index (κ2) is 15.1. The molecule has 63 heavy (non-hydrogen) atoms. The molecule has 6 nitrogen and oxygen atoms in total. The third-order valence-corrected chi connectivity index (χ3v) is 12.6. The Morgan fingerprint density at radius 2 is 1.14 bits per heavy atom. The number of para-hydroxylation sites is 1. The van der Waals surface area contributed by atoms with Crippen molar-refractivity contribution in [3.63, 3.8) is 0 Å². The Labute approximate surface area is 374 Å². The second-order valence-corrected chi connectivity index (χ2v) is 21.4. The lowest BCUT2D eigenvalue weighted by molar-refractivity contribution is 0.483. The summed E-state index contributed by atoms with van der Waals surface area (Å²) in [6.45, 7) is 28.0. The highest BCUT2D eigenvalue weighted by molar-refractivity contribution is 6.10. The first-order valence-electron chi connectivity index (χ1n) is 22.3. The highest BCUT2D eigenvalue weighted by atomic mass is 16.5. The molecule has 0 N–H and O–H groups in total. The number of ether oxygens (including phenoxy) is 1. The van der Waals surface area contributed by atoms with E-state index in [1.165, 1.54) is 38.7 Å². The molecule has 3 aromatic heterocycles. The van der Waals surface area contributed by atoms with Gasteiger partial charge in [-0.05, 0) is 123 Å². The van der Waals surface area contributed by atoms with E-state index in [1.807, 2.05) is 18.5 Å². The van der Waals surface area contributed by atoms with Crippen molar-refractivity contribution in [1.82, 2.24) is 14.5 Å². The van der Waals surface area contributed by atoms with Crippen LogP contribution in [0.15, 0.2) is 140 Å². The summed E-state index contributed by atoms with van der Waals surface area (Å²) in [4.78, 5) is 14.7. The molecule has 6 heteroatoms. The summed E-state index contributed by atoms with van der Waals surface area (Å²) >= 11 is 0. The molecule has 0 amide bonds. The van der Waals surface area contributed by atoms with E-state index in [-0.39, 0.29) is 21.7 Å². The standard InChI is InChI=1S/C57H61N5O/c1-54(2,3)37-22-25-49-47(32-37)45-24-23-44(35-51(45)62(49)52-33-38(26-28-59-52)55(4,5)6)63-43-18-15-17-41(34-43)60-36-61(42-30-39(56(7,8)9)29-40(31-42)57(10,11)12)53-46(19-16-21-50(53)60)48-20-13-14-27-58-48/h13-35H,36H2,1-12H3. The van der Waals surface area contributed by atoms with Crippen molar-refractivity contribution in [2.75, 3.05) is 16.5 Å². The molecule has 0 fully saturated rings. The van der Waals surface area contributed by atoms with Crippen LogP contribution in [0.3, 0.4) is 0 Å². The van der Waals surface area contributed by atoms with Gasteiger partial charge >= 0.3 is 0 Å². The third-order valence-electron chi connectivity index (χ3n) is 12.6. The summed E-state index contributed by atoms with van der Waals surface area (Å²) in [5, 5.41) is 2.38. The van der Waals surface area contributed by atoms with Gasteiger partial charge in [0.05, 0.1) is 28.1 Å². The van der Waals surface area contributed by atoms with Crippen LogP contribution < -0.4 is 14.5 Å². The highest BCUT2D eigenvalue weighted by Crippen LogP contribution is 2.50. The fraction of sp³-hybridized carbons (Fsp3) is 0.298. The molecule has 0 saturated heterocycles. The van der Waals surface area contributed by atoms with Crippen molar-refractivity contribution in [3.05, 3.63) is 162 Å². The average molecular weight is 832 g/mol. The van der Waals surface area contributed by atoms with Crippen LogP contribution in [-0.4, -0.2) is 21.2 Å². The summed E-state index contributed by atoms with van der Waals surface area (Å²) < 4.78 is 9.14. The zero-order valence-electron chi connectivity index (χ0n) is 39.1. The zero-order valence-corrected chi connectivity index (χ0v) is 39.1. The molecule has 1 aliphatic heterocycles. The maximum Gasteiger partial charge on any atom is 0.137 e. The van der Waals surface area contributed by atoms with Gasteiger partial charge in [-0.2, -0.15) is 0 Å². The summed E-state index contributed by atoms with van der Waals surface area (Å²) in [5.74, 6) is 2.43. The zero-order chi connectivity index (χ0) is 44.6. The van der Waals surface area contributed by atoms with Crippen LogP contribution in [0.25, 0.3) is 38.9 Å². The molecule has 4 heterocycles. The van der Waals surface area contributed by atoms with E-state index >= 15 is 0 Å². The maximum absolute atomic E-state index is 6.84. The molecule has 8 aromatic rings. The maximum atomic E-state index is 6.84. The van der Waals surface area contributed by atoms with Crippen LogP contribution in [0.5, 0.6) is 11.5 Å². The van der Waals surface area contributed by atoms with Gasteiger partial charge in [-0.3, -0.25) is 9.55 Å². The Balaban J connectivity index is 1.14. The molecular weight excluding hydrogens is 771 g/mol. The van der Waals surface area contributed by atoms with Gasteiger partial charge in [0.1, 0.15) is 24.0 Å². The first kappa shape index (κ1) is 41.9. The molecule has 0 bridgehead atoms. The smallest absolute Gasteiger partial charge is 0.137 e. The first-order chi connectivity index (χ1) is 29.7. The number of hydrogen-bond donors (Lipinski definition) is 0. The molecule has 5 aromatic carbocycles. The molecular formula is C57H61N5O. The predicted octanol–water partition coefficient (Wildman–Crippen LogP) is 15.5. The van der Waals surface area contributed by atoms with Crippen molar-refractivity contribution in [1.29, 1.82) is 0 Å². The predicted molar refractivity (Wildman–Crippen MR) is 265 cm³/mol. The van der Waals surface area contributed by atoms with E-state index in [0.29, 0.717) is 6.67 Å². The van der Waals surface area contributed by atoms with Gasteiger partial charge in [0.2, 0.25) is 0 Å². The minimum Gasteiger partial charge on any atom is -0.457 e. The number of anilines is 4. The Hall–Kier alpha value is -6.40. The largest absolute Gasteiger partial charge is 0.457 e. The quantitative estimate of drug-likeness (QED) is 0.167. The minimum atomic E-state index is -0.0237. The summed E-state index contributed by atoms with van der Waals surface area (Å²) in [6, 6.07) is 46.1. The molecule has 0 radical (unpaired) electrons. The van der Waals surface area contributed by atoms with Crippen molar-refractivity contribution < 1.29 is 4.74 Å². The molecule has 0 spiro atoms. The third kappa shape index (κ3) is 7.97. The number of hydrogen-bond acceptors (Lipinski definition) is 5. The second-order valence-electron chi connectivity index (χ2n) is 21.4. The fourth-order valence-electron chi connectivity index (χ4n) is 8.75. The lowest BCUT2D eigenvalue weighted by Gasteiger charge is -2.30. The number of fused-ring (bicyclic) bond motifs is 4.